The third-order valence-corrected chi connectivity index (χ3v) is 5.62. The molecule has 3 aromatic rings. The van der Waals surface area contributed by atoms with Gasteiger partial charge in [0, 0.05) is 5.69 Å². The Bertz CT molecular complexity index is 1100. The van der Waals surface area contributed by atoms with Gasteiger partial charge in [0.05, 0.1) is 6.61 Å². The number of nitrogens with one attached hydrogen (secondary N) is 1. The van der Waals surface area contributed by atoms with Crippen LogP contribution < -0.4 is 4.72 Å². The van der Waals surface area contributed by atoms with Crippen LogP contribution in [0.1, 0.15) is 22.8 Å². The molecule has 0 bridgehead atoms. The van der Waals surface area contributed by atoms with E-state index in [1.165, 1.54) is 71.5 Å². The Balaban J connectivity index is 1.72. The number of hydrogen-bond donors (Lipinski definition) is 1. The Morgan fingerprint density at radius 3 is 1.88 bits per heavy atom. The fourth-order valence-electron chi connectivity index (χ4n) is 2.96. The van der Waals surface area contributed by atoms with Gasteiger partial charge in [0.2, 0.25) is 0 Å². The summed E-state index contributed by atoms with van der Waals surface area (Å²) in [7, 11) is -5.52. The number of hydrogen-bond acceptors (Lipinski definition) is 3. The molecule has 0 aliphatic carbocycles. The molecule has 0 aromatic heterocycles. The van der Waals surface area contributed by atoms with Crippen LogP contribution in [0.25, 0.3) is 0 Å². The summed E-state index contributed by atoms with van der Waals surface area (Å²) in [6.07, 6.45) is -0.386. The summed E-state index contributed by atoms with van der Waals surface area (Å²) in [6, 6.07) is 16.7. The maximum atomic E-state index is 13.3. The smallest absolute Gasteiger partial charge is 0.368 e. The van der Waals surface area contributed by atoms with Gasteiger partial charge in [-0.3, -0.25) is 4.72 Å². The van der Waals surface area contributed by atoms with Gasteiger partial charge in [0.25, 0.3) is 0 Å². The highest BCUT2D eigenvalue weighted by molar-refractivity contribution is 7.93. The zero-order valence-electron chi connectivity index (χ0n) is 16.4. The Morgan fingerprint density at radius 2 is 1.38 bits per heavy atom. The number of halogens is 5. The minimum absolute atomic E-state index is 0.106. The van der Waals surface area contributed by atoms with Crippen molar-refractivity contribution in [3.63, 3.8) is 0 Å². The number of rotatable bonds is 8. The van der Waals surface area contributed by atoms with E-state index in [9.17, 15) is 30.4 Å². The van der Waals surface area contributed by atoms with E-state index in [2.05, 4.69) is 0 Å². The van der Waals surface area contributed by atoms with E-state index in [4.69, 9.17) is 4.74 Å². The summed E-state index contributed by atoms with van der Waals surface area (Å²) >= 11 is 0. The van der Waals surface area contributed by atoms with E-state index in [0.29, 0.717) is 16.7 Å². The highest BCUT2D eigenvalue weighted by Gasteiger charge is 2.46. The lowest BCUT2D eigenvalue weighted by atomic mass is 10.0. The van der Waals surface area contributed by atoms with Gasteiger partial charge in [-0.15, -0.1) is 0 Å². The van der Waals surface area contributed by atoms with E-state index < -0.39 is 33.3 Å². The number of anilines is 1. The van der Waals surface area contributed by atoms with E-state index >= 15 is 0 Å². The lowest BCUT2D eigenvalue weighted by Crippen LogP contribution is -2.29. The van der Waals surface area contributed by atoms with Crippen LogP contribution in [-0.2, 0) is 21.2 Å². The fraction of sp³-hybridized carbons (Fsp3) is 0.182. The van der Waals surface area contributed by atoms with Gasteiger partial charge < -0.3 is 4.74 Å². The minimum atomic E-state index is -5.52. The van der Waals surface area contributed by atoms with Crippen LogP contribution in [0.2, 0.25) is 0 Å². The van der Waals surface area contributed by atoms with Gasteiger partial charge in [0.15, 0.2) is 0 Å². The number of alkyl halides is 3. The number of sulfonamides is 1. The molecule has 0 saturated heterocycles. The van der Waals surface area contributed by atoms with Crippen molar-refractivity contribution in [3.05, 3.63) is 101 Å². The predicted octanol–water partition coefficient (Wildman–Crippen LogP) is 5.58. The average molecular weight is 471 g/mol. The minimum Gasteiger partial charge on any atom is -0.368 e. The summed E-state index contributed by atoms with van der Waals surface area (Å²) in [4.78, 5) is 0. The van der Waals surface area contributed by atoms with Crippen molar-refractivity contribution >= 4 is 15.7 Å². The van der Waals surface area contributed by atoms with Gasteiger partial charge in [0.1, 0.15) is 17.7 Å². The van der Waals surface area contributed by atoms with Crippen LogP contribution in [0, 0.1) is 11.6 Å². The molecule has 0 radical (unpaired) electrons. The third kappa shape index (κ3) is 6.04. The molecule has 3 rings (SSSR count). The molecule has 3 aromatic carbocycles. The summed E-state index contributed by atoms with van der Waals surface area (Å²) in [5, 5.41) is 0. The van der Waals surface area contributed by atoms with Crippen LogP contribution in [0.4, 0.5) is 27.6 Å². The number of benzene rings is 3. The highest BCUT2D eigenvalue weighted by atomic mass is 32.2. The quantitative estimate of drug-likeness (QED) is 0.437. The molecule has 0 heterocycles. The second kappa shape index (κ2) is 9.66. The van der Waals surface area contributed by atoms with E-state index in [-0.39, 0.29) is 18.7 Å². The molecular weight excluding hydrogens is 453 g/mol. The van der Waals surface area contributed by atoms with E-state index in [1.54, 1.807) is 6.07 Å². The van der Waals surface area contributed by atoms with Gasteiger partial charge in [-0.05, 0) is 59.5 Å². The summed E-state index contributed by atoms with van der Waals surface area (Å²) in [5.41, 5.74) is -3.86. The number of ether oxygens (including phenoxy) is 1. The first-order valence-electron chi connectivity index (χ1n) is 9.36. The van der Waals surface area contributed by atoms with Crippen molar-refractivity contribution < 1.29 is 35.1 Å². The van der Waals surface area contributed by atoms with E-state index in [0.717, 1.165) is 0 Å². The molecule has 0 aliphatic rings. The van der Waals surface area contributed by atoms with Crippen LogP contribution >= 0.6 is 0 Å². The Labute approximate surface area is 181 Å². The Kier molecular flexibility index (Phi) is 7.15. The molecule has 0 unspecified atom stereocenters. The zero-order valence-corrected chi connectivity index (χ0v) is 17.3. The van der Waals surface area contributed by atoms with Gasteiger partial charge >= 0.3 is 15.5 Å². The largest absolute Gasteiger partial charge is 0.516 e. The van der Waals surface area contributed by atoms with Gasteiger partial charge in [-0.1, -0.05) is 36.4 Å². The molecule has 0 amide bonds. The maximum Gasteiger partial charge on any atom is 0.516 e. The predicted molar refractivity (Wildman–Crippen MR) is 109 cm³/mol. The molecule has 10 heteroatoms. The molecule has 0 atom stereocenters. The summed E-state index contributed by atoms with van der Waals surface area (Å²) in [6.45, 7) is 0.106. The topological polar surface area (TPSA) is 55.4 Å². The van der Waals surface area contributed by atoms with Crippen molar-refractivity contribution in [1.82, 2.24) is 0 Å². The van der Waals surface area contributed by atoms with Crippen molar-refractivity contribution in [1.29, 1.82) is 0 Å². The van der Waals surface area contributed by atoms with Crippen molar-refractivity contribution in [3.8, 4) is 0 Å². The van der Waals surface area contributed by atoms with Crippen LogP contribution in [0.15, 0.2) is 72.8 Å². The second-order valence-corrected chi connectivity index (χ2v) is 8.53. The van der Waals surface area contributed by atoms with E-state index in [1.807, 2.05) is 0 Å². The molecule has 0 aliphatic heterocycles. The molecule has 0 fully saturated rings. The normalized spacial score (nSPS) is 12.2. The van der Waals surface area contributed by atoms with Crippen molar-refractivity contribution in [2.24, 2.45) is 0 Å². The Morgan fingerprint density at radius 1 is 0.844 bits per heavy atom. The second-order valence-electron chi connectivity index (χ2n) is 6.86. The highest BCUT2D eigenvalue weighted by Crippen LogP contribution is 2.28. The zero-order chi connectivity index (χ0) is 23.4. The van der Waals surface area contributed by atoms with Crippen LogP contribution in [0.5, 0.6) is 0 Å². The molecule has 0 saturated carbocycles. The molecular formula is C22H18F5NO3S. The SMILES string of the molecule is O=S(=O)(Nc1cccc(CCOC(c2ccc(F)cc2)c2ccc(F)cc2)c1)C(F)(F)F. The molecule has 1 N–H and O–H groups in total. The first-order valence-corrected chi connectivity index (χ1v) is 10.8. The van der Waals surface area contributed by atoms with Gasteiger partial charge in [-0.25, -0.2) is 8.78 Å². The summed E-state index contributed by atoms with van der Waals surface area (Å²) < 4.78 is 94.3. The van der Waals surface area contributed by atoms with Crippen molar-refractivity contribution in [2.45, 2.75) is 18.0 Å². The van der Waals surface area contributed by atoms with Gasteiger partial charge in [-0.2, -0.15) is 21.6 Å². The molecule has 170 valence electrons. The standard InChI is InChI=1S/C22H18F5NO3S/c23-18-8-4-16(5-9-18)21(17-6-10-19(24)11-7-17)31-13-12-15-2-1-3-20(14-15)28-32(29,30)22(25,26)27/h1-11,14,21,28H,12-13H2. The maximum absolute atomic E-state index is 13.3. The lowest BCUT2D eigenvalue weighted by Gasteiger charge is -2.19. The third-order valence-electron chi connectivity index (χ3n) is 4.50. The summed E-state index contributed by atoms with van der Waals surface area (Å²) in [5.74, 6) is -0.852. The molecule has 0 spiro atoms. The Hall–Kier alpha value is -2.98. The monoisotopic (exact) mass is 471 g/mol. The molecule has 4 nitrogen and oxygen atoms in total. The average Bonchev–Trinajstić information content (AvgIpc) is 2.72. The van der Waals surface area contributed by atoms with Crippen molar-refractivity contribution in [2.75, 3.05) is 11.3 Å². The van der Waals surface area contributed by atoms with Crippen LogP contribution in [-0.4, -0.2) is 20.5 Å². The first-order chi connectivity index (χ1) is 15.0. The lowest BCUT2D eigenvalue weighted by molar-refractivity contribution is -0.0429. The van der Waals surface area contributed by atoms with Crippen LogP contribution in [0.3, 0.4) is 0 Å². The fourth-order valence-corrected chi connectivity index (χ4v) is 3.51. The first kappa shape index (κ1) is 23.7. The molecule has 32 heavy (non-hydrogen) atoms.